The molecule has 0 spiro atoms. The average molecular weight is 461 g/mol. The molecule has 0 radical (unpaired) electrons. The van der Waals surface area contributed by atoms with Crippen molar-refractivity contribution >= 4 is 40.8 Å². The minimum absolute atomic E-state index is 0.231. The predicted molar refractivity (Wildman–Crippen MR) is 123 cm³/mol. The second-order valence-electron chi connectivity index (χ2n) is 6.67. The van der Waals surface area contributed by atoms with Gasteiger partial charge in [-0.15, -0.1) is 0 Å². The molecule has 8 nitrogen and oxygen atoms in total. The molecule has 3 aromatic rings. The Bertz CT molecular complexity index is 1260. The van der Waals surface area contributed by atoms with Gasteiger partial charge < -0.3 is 10.1 Å². The van der Waals surface area contributed by atoms with Crippen LogP contribution in [0.5, 0.6) is 5.75 Å². The van der Waals surface area contributed by atoms with Gasteiger partial charge in [-0.2, -0.15) is 10.4 Å². The van der Waals surface area contributed by atoms with Crippen molar-refractivity contribution in [3.05, 3.63) is 94.5 Å². The number of hydrogen-bond acceptors (Lipinski definition) is 6. The highest BCUT2D eigenvalue weighted by Gasteiger charge is 2.16. The molecule has 3 rings (SSSR count). The van der Waals surface area contributed by atoms with Crippen LogP contribution in [0, 0.1) is 11.3 Å². The molecular formula is C24H17ClN4O4. The van der Waals surface area contributed by atoms with E-state index in [0.717, 1.165) is 0 Å². The molecule has 2 N–H and O–H groups in total. The summed E-state index contributed by atoms with van der Waals surface area (Å²) in [6.45, 7) is 1.59. The van der Waals surface area contributed by atoms with Crippen LogP contribution < -0.4 is 15.5 Å². The smallest absolute Gasteiger partial charge is 0.343 e. The molecule has 0 heterocycles. The lowest BCUT2D eigenvalue weighted by molar-refractivity contribution is -0.136. The molecule has 9 heteroatoms. The zero-order chi connectivity index (χ0) is 23.8. The number of amides is 2. The van der Waals surface area contributed by atoms with Gasteiger partial charge in [-0.1, -0.05) is 23.7 Å². The lowest BCUT2D eigenvalue weighted by Crippen LogP contribution is -2.33. The van der Waals surface area contributed by atoms with Crippen molar-refractivity contribution < 1.29 is 19.1 Å². The van der Waals surface area contributed by atoms with Gasteiger partial charge in [-0.3, -0.25) is 9.59 Å². The van der Waals surface area contributed by atoms with Crippen LogP contribution in [0.4, 0.5) is 5.69 Å². The SMILES string of the molecule is C/C(=N\NC(=O)C(=O)Nc1ccc(C#N)cc1)c1ccccc1OC(=O)c1ccc(Cl)cc1. The summed E-state index contributed by atoms with van der Waals surface area (Å²) >= 11 is 5.84. The number of nitrogens with one attached hydrogen (secondary N) is 2. The Morgan fingerprint density at radius 2 is 1.61 bits per heavy atom. The van der Waals surface area contributed by atoms with Crippen LogP contribution >= 0.6 is 11.6 Å². The quantitative estimate of drug-likeness (QED) is 0.196. The zero-order valence-electron chi connectivity index (χ0n) is 17.3. The van der Waals surface area contributed by atoms with Crippen LogP contribution in [0.25, 0.3) is 0 Å². The normalized spacial score (nSPS) is 10.6. The lowest BCUT2D eigenvalue weighted by Gasteiger charge is -2.10. The lowest BCUT2D eigenvalue weighted by atomic mass is 10.1. The monoisotopic (exact) mass is 460 g/mol. The first-order valence-corrected chi connectivity index (χ1v) is 9.98. The number of hydrazone groups is 1. The molecule has 2 amide bonds. The summed E-state index contributed by atoms with van der Waals surface area (Å²) in [5, 5.41) is 15.6. The number of ether oxygens (including phenoxy) is 1. The van der Waals surface area contributed by atoms with Crippen molar-refractivity contribution in [1.82, 2.24) is 5.43 Å². The maximum absolute atomic E-state index is 12.4. The first kappa shape index (κ1) is 23.2. The molecule has 33 heavy (non-hydrogen) atoms. The van der Waals surface area contributed by atoms with Crippen LogP contribution in [-0.4, -0.2) is 23.5 Å². The molecule has 0 aromatic heterocycles. The highest BCUT2D eigenvalue weighted by molar-refractivity contribution is 6.39. The summed E-state index contributed by atoms with van der Waals surface area (Å²) in [5.41, 5.74) is 4.03. The van der Waals surface area contributed by atoms with Gasteiger partial charge in [0.25, 0.3) is 0 Å². The minimum atomic E-state index is -0.991. The van der Waals surface area contributed by atoms with Crippen LogP contribution in [0.1, 0.15) is 28.4 Å². The predicted octanol–water partition coefficient (Wildman–Crippen LogP) is 3.91. The second kappa shape index (κ2) is 10.7. The van der Waals surface area contributed by atoms with Crippen molar-refractivity contribution in [2.75, 3.05) is 5.32 Å². The topological polar surface area (TPSA) is 121 Å². The summed E-state index contributed by atoms with van der Waals surface area (Å²) in [7, 11) is 0. The van der Waals surface area contributed by atoms with Gasteiger partial charge in [-0.05, 0) is 67.6 Å². The van der Waals surface area contributed by atoms with Gasteiger partial charge >= 0.3 is 17.8 Å². The number of carbonyl (C=O) groups is 3. The van der Waals surface area contributed by atoms with E-state index >= 15 is 0 Å². The molecular weight excluding hydrogens is 444 g/mol. The molecule has 0 aliphatic heterocycles. The number of benzene rings is 3. The molecule has 0 aliphatic rings. The Balaban J connectivity index is 1.66. The first-order chi connectivity index (χ1) is 15.9. The van der Waals surface area contributed by atoms with E-state index in [4.69, 9.17) is 21.6 Å². The van der Waals surface area contributed by atoms with Gasteiger partial charge in [-0.25, -0.2) is 10.2 Å². The minimum Gasteiger partial charge on any atom is -0.422 e. The fourth-order valence-electron chi connectivity index (χ4n) is 2.66. The Morgan fingerprint density at radius 1 is 0.939 bits per heavy atom. The summed E-state index contributed by atoms with van der Waals surface area (Å²) in [6, 6.07) is 20.9. The maximum atomic E-state index is 12.4. The van der Waals surface area contributed by atoms with Crippen molar-refractivity contribution in [2.45, 2.75) is 6.92 Å². The Kier molecular flexibility index (Phi) is 7.52. The van der Waals surface area contributed by atoms with E-state index in [0.29, 0.717) is 33.1 Å². The number of nitriles is 1. The summed E-state index contributed by atoms with van der Waals surface area (Å²) in [5.74, 6) is -2.28. The summed E-state index contributed by atoms with van der Waals surface area (Å²) < 4.78 is 5.47. The molecule has 164 valence electrons. The van der Waals surface area contributed by atoms with Crippen molar-refractivity contribution in [3.8, 4) is 11.8 Å². The number of hydrogen-bond donors (Lipinski definition) is 2. The van der Waals surface area contributed by atoms with Gasteiger partial charge in [0.2, 0.25) is 0 Å². The van der Waals surface area contributed by atoms with Crippen molar-refractivity contribution in [2.24, 2.45) is 5.10 Å². The van der Waals surface area contributed by atoms with E-state index in [1.165, 1.54) is 24.3 Å². The van der Waals surface area contributed by atoms with Gasteiger partial charge in [0.15, 0.2) is 0 Å². The Morgan fingerprint density at radius 3 is 2.27 bits per heavy atom. The van der Waals surface area contributed by atoms with Crippen LogP contribution in [-0.2, 0) is 9.59 Å². The molecule has 0 unspecified atom stereocenters. The third-order valence-corrected chi connectivity index (χ3v) is 4.61. The number of esters is 1. The molecule has 3 aromatic carbocycles. The summed E-state index contributed by atoms with van der Waals surface area (Å²) in [6.07, 6.45) is 0. The molecule has 0 aliphatic carbocycles. The van der Waals surface area contributed by atoms with Crippen LogP contribution in [0.15, 0.2) is 77.9 Å². The molecule has 0 bridgehead atoms. The van der Waals surface area contributed by atoms with E-state index < -0.39 is 17.8 Å². The van der Waals surface area contributed by atoms with Gasteiger partial charge in [0, 0.05) is 16.3 Å². The molecule has 0 atom stereocenters. The summed E-state index contributed by atoms with van der Waals surface area (Å²) in [4.78, 5) is 36.6. The van der Waals surface area contributed by atoms with Gasteiger partial charge in [0.05, 0.1) is 22.9 Å². The van der Waals surface area contributed by atoms with E-state index in [1.54, 1.807) is 55.5 Å². The highest BCUT2D eigenvalue weighted by Crippen LogP contribution is 2.21. The Labute approximate surface area is 194 Å². The van der Waals surface area contributed by atoms with E-state index in [-0.39, 0.29) is 5.75 Å². The fraction of sp³-hybridized carbons (Fsp3) is 0.0417. The van der Waals surface area contributed by atoms with E-state index in [2.05, 4.69) is 15.8 Å². The van der Waals surface area contributed by atoms with Crippen molar-refractivity contribution in [3.63, 3.8) is 0 Å². The first-order valence-electron chi connectivity index (χ1n) is 9.60. The van der Waals surface area contributed by atoms with Gasteiger partial charge in [0.1, 0.15) is 5.75 Å². The highest BCUT2D eigenvalue weighted by atomic mass is 35.5. The fourth-order valence-corrected chi connectivity index (χ4v) is 2.79. The molecule has 0 saturated heterocycles. The standard InChI is InChI=1S/C24H17ClN4O4/c1-15(28-29-23(31)22(30)27-19-12-6-16(14-26)7-13-19)20-4-2-3-5-21(20)33-24(32)17-8-10-18(25)11-9-17/h2-13H,1H3,(H,27,30)(H,29,31)/b28-15+. The zero-order valence-corrected chi connectivity index (χ0v) is 18.1. The molecule has 0 saturated carbocycles. The third-order valence-electron chi connectivity index (χ3n) is 4.36. The number of nitrogens with zero attached hydrogens (tertiary/aromatic N) is 2. The Hall–Kier alpha value is -4.48. The third kappa shape index (κ3) is 6.26. The molecule has 0 fully saturated rings. The number of halogens is 1. The average Bonchev–Trinajstić information content (AvgIpc) is 2.83. The number of rotatable bonds is 5. The largest absolute Gasteiger partial charge is 0.422 e. The number of para-hydroxylation sites is 1. The maximum Gasteiger partial charge on any atom is 0.343 e. The van der Waals surface area contributed by atoms with E-state index in [9.17, 15) is 14.4 Å². The number of carbonyl (C=O) groups excluding carboxylic acids is 3. The van der Waals surface area contributed by atoms with E-state index in [1.807, 2.05) is 6.07 Å². The second-order valence-corrected chi connectivity index (χ2v) is 7.11. The van der Waals surface area contributed by atoms with Crippen LogP contribution in [0.3, 0.4) is 0 Å². The van der Waals surface area contributed by atoms with Crippen molar-refractivity contribution in [1.29, 1.82) is 5.26 Å². The van der Waals surface area contributed by atoms with Crippen LogP contribution in [0.2, 0.25) is 5.02 Å². The number of anilines is 1.